The average Bonchev–Trinajstić information content (AvgIpc) is 2.79. The molecule has 1 atom stereocenters. The number of aliphatic hydroxyl groups is 1. The van der Waals surface area contributed by atoms with Crippen molar-refractivity contribution >= 4 is 0 Å². The molecule has 4 heteroatoms. The Kier molecular flexibility index (Phi) is 4.10. The van der Waals surface area contributed by atoms with Gasteiger partial charge >= 0.3 is 0 Å². The summed E-state index contributed by atoms with van der Waals surface area (Å²) in [5.41, 5.74) is 2.39. The van der Waals surface area contributed by atoms with Gasteiger partial charge in [0.2, 0.25) is 5.89 Å². The summed E-state index contributed by atoms with van der Waals surface area (Å²) in [7, 11) is 0. The highest BCUT2D eigenvalue weighted by Crippen LogP contribution is 2.10. The number of aliphatic hydroxyl groups excluding tert-OH is 1. The Morgan fingerprint density at radius 1 is 1.28 bits per heavy atom. The molecule has 1 unspecified atom stereocenters. The zero-order valence-electron chi connectivity index (χ0n) is 10.8. The predicted octanol–water partition coefficient (Wildman–Crippen LogP) is 2.28. The number of benzene rings is 1. The third kappa shape index (κ3) is 3.40. The van der Waals surface area contributed by atoms with Crippen molar-refractivity contribution in [3.63, 3.8) is 0 Å². The van der Waals surface area contributed by atoms with Crippen molar-refractivity contribution in [1.82, 2.24) is 10.1 Å². The van der Waals surface area contributed by atoms with Crippen molar-refractivity contribution in [1.29, 1.82) is 0 Å². The SMILES string of the molecule is CCC(O)Cc1nc(Cc2ccc(C)cc2)no1. The van der Waals surface area contributed by atoms with E-state index in [9.17, 15) is 5.11 Å². The maximum atomic E-state index is 9.51. The summed E-state index contributed by atoms with van der Waals surface area (Å²) in [4.78, 5) is 4.28. The van der Waals surface area contributed by atoms with Crippen molar-refractivity contribution in [2.24, 2.45) is 0 Å². The van der Waals surface area contributed by atoms with Gasteiger partial charge in [-0.3, -0.25) is 0 Å². The van der Waals surface area contributed by atoms with E-state index in [0.29, 0.717) is 31.0 Å². The molecule has 2 aromatic rings. The Labute approximate surface area is 107 Å². The summed E-state index contributed by atoms with van der Waals surface area (Å²) in [6.07, 6.45) is 1.37. The van der Waals surface area contributed by atoms with E-state index in [1.54, 1.807) is 0 Å². The smallest absolute Gasteiger partial charge is 0.229 e. The molecule has 4 nitrogen and oxygen atoms in total. The van der Waals surface area contributed by atoms with Crippen molar-refractivity contribution in [2.45, 2.75) is 39.2 Å². The second kappa shape index (κ2) is 5.78. The van der Waals surface area contributed by atoms with Gasteiger partial charge in [-0.2, -0.15) is 4.98 Å². The summed E-state index contributed by atoms with van der Waals surface area (Å²) >= 11 is 0. The van der Waals surface area contributed by atoms with Crippen LogP contribution in [0.15, 0.2) is 28.8 Å². The highest BCUT2D eigenvalue weighted by molar-refractivity contribution is 5.23. The van der Waals surface area contributed by atoms with Gasteiger partial charge in [0.15, 0.2) is 5.82 Å². The maximum absolute atomic E-state index is 9.51. The topological polar surface area (TPSA) is 59.2 Å². The fraction of sp³-hybridized carbons (Fsp3) is 0.429. The van der Waals surface area contributed by atoms with Crippen LogP contribution in [0.2, 0.25) is 0 Å². The standard InChI is InChI=1S/C14H18N2O2/c1-3-12(17)9-14-15-13(16-18-14)8-11-6-4-10(2)5-7-11/h4-7,12,17H,3,8-9H2,1-2H3. The third-order valence-electron chi connectivity index (χ3n) is 2.87. The minimum atomic E-state index is -0.405. The molecule has 1 heterocycles. The molecule has 0 radical (unpaired) electrons. The second-order valence-electron chi connectivity index (χ2n) is 4.53. The molecule has 0 aliphatic heterocycles. The van der Waals surface area contributed by atoms with Gasteiger partial charge in [0.1, 0.15) is 0 Å². The molecule has 1 aromatic carbocycles. The Balaban J connectivity index is 2.00. The zero-order valence-corrected chi connectivity index (χ0v) is 10.8. The third-order valence-corrected chi connectivity index (χ3v) is 2.87. The normalized spacial score (nSPS) is 12.6. The average molecular weight is 246 g/mol. The van der Waals surface area contributed by atoms with E-state index in [2.05, 4.69) is 41.3 Å². The number of hydrogen-bond acceptors (Lipinski definition) is 4. The summed E-state index contributed by atoms with van der Waals surface area (Å²) in [5, 5.41) is 13.4. The van der Waals surface area contributed by atoms with E-state index in [1.165, 1.54) is 5.56 Å². The van der Waals surface area contributed by atoms with Crippen molar-refractivity contribution in [3.8, 4) is 0 Å². The molecular weight excluding hydrogens is 228 g/mol. The highest BCUT2D eigenvalue weighted by atomic mass is 16.5. The predicted molar refractivity (Wildman–Crippen MR) is 68.3 cm³/mol. The lowest BCUT2D eigenvalue weighted by molar-refractivity contribution is 0.158. The van der Waals surface area contributed by atoms with E-state index >= 15 is 0 Å². The molecule has 96 valence electrons. The van der Waals surface area contributed by atoms with E-state index in [1.807, 2.05) is 6.92 Å². The van der Waals surface area contributed by atoms with Crippen molar-refractivity contribution < 1.29 is 9.63 Å². The molecule has 0 saturated heterocycles. The summed E-state index contributed by atoms with van der Waals surface area (Å²) in [5.74, 6) is 1.17. The van der Waals surface area contributed by atoms with Gasteiger partial charge < -0.3 is 9.63 Å². The summed E-state index contributed by atoms with van der Waals surface area (Å²) < 4.78 is 5.11. The molecule has 0 amide bonds. The van der Waals surface area contributed by atoms with Crippen LogP contribution in [-0.4, -0.2) is 21.4 Å². The van der Waals surface area contributed by atoms with E-state index in [-0.39, 0.29) is 0 Å². The Morgan fingerprint density at radius 3 is 2.67 bits per heavy atom. The van der Waals surface area contributed by atoms with Crippen molar-refractivity contribution in [2.75, 3.05) is 0 Å². The minimum Gasteiger partial charge on any atom is -0.393 e. The monoisotopic (exact) mass is 246 g/mol. The first-order chi connectivity index (χ1) is 8.67. The van der Waals surface area contributed by atoms with Crippen LogP contribution in [0.1, 0.15) is 36.2 Å². The lowest BCUT2D eigenvalue weighted by Crippen LogP contribution is -2.08. The van der Waals surface area contributed by atoms with Crippen molar-refractivity contribution in [3.05, 3.63) is 47.1 Å². The molecule has 18 heavy (non-hydrogen) atoms. The number of hydrogen-bond donors (Lipinski definition) is 1. The molecule has 0 aliphatic carbocycles. The fourth-order valence-electron chi connectivity index (χ4n) is 1.68. The molecule has 0 saturated carbocycles. The van der Waals surface area contributed by atoms with Gasteiger partial charge in [-0.25, -0.2) is 0 Å². The first-order valence-corrected chi connectivity index (χ1v) is 6.22. The van der Waals surface area contributed by atoms with Crippen LogP contribution >= 0.6 is 0 Å². The second-order valence-corrected chi connectivity index (χ2v) is 4.53. The van der Waals surface area contributed by atoms with Gasteiger partial charge in [-0.05, 0) is 18.9 Å². The molecular formula is C14H18N2O2. The Bertz CT molecular complexity index is 491. The minimum absolute atomic E-state index is 0.405. The zero-order chi connectivity index (χ0) is 13.0. The van der Waals surface area contributed by atoms with Gasteiger partial charge in [0, 0.05) is 6.42 Å². The number of nitrogens with zero attached hydrogens (tertiary/aromatic N) is 2. The number of aromatic nitrogens is 2. The van der Waals surface area contributed by atoms with Crippen LogP contribution in [0.4, 0.5) is 0 Å². The first kappa shape index (κ1) is 12.8. The lowest BCUT2D eigenvalue weighted by Gasteiger charge is -2.01. The number of rotatable bonds is 5. The molecule has 2 rings (SSSR count). The van der Waals surface area contributed by atoms with E-state index < -0.39 is 6.10 Å². The van der Waals surface area contributed by atoms with Crippen LogP contribution in [-0.2, 0) is 12.8 Å². The van der Waals surface area contributed by atoms with Crippen LogP contribution in [0, 0.1) is 6.92 Å². The Morgan fingerprint density at radius 2 is 2.00 bits per heavy atom. The van der Waals surface area contributed by atoms with E-state index in [0.717, 1.165) is 5.56 Å². The lowest BCUT2D eigenvalue weighted by atomic mass is 10.1. The molecule has 1 aromatic heterocycles. The summed E-state index contributed by atoms with van der Waals surface area (Å²) in [6, 6.07) is 8.26. The van der Waals surface area contributed by atoms with Crippen LogP contribution in [0.25, 0.3) is 0 Å². The first-order valence-electron chi connectivity index (χ1n) is 6.22. The highest BCUT2D eigenvalue weighted by Gasteiger charge is 2.11. The van der Waals surface area contributed by atoms with Gasteiger partial charge in [0.25, 0.3) is 0 Å². The molecule has 0 spiro atoms. The molecule has 0 bridgehead atoms. The molecule has 0 fully saturated rings. The van der Waals surface area contributed by atoms with E-state index in [4.69, 9.17) is 4.52 Å². The van der Waals surface area contributed by atoms with Crippen LogP contribution in [0.5, 0.6) is 0 Å². The quantitative estimate of drug-likeness (QED) is 0.879. The molecule has 1 N–H and O–H groups in total. The largest absolute Gasteiger partial charge is 0.393 e. The molecule has 0 aliphatic rings. The fourth-order valence-corrected chi connectivity index (χ4v) is 1.68. The van der Waals surface area contributed by atoms with Gasteiger partial charge in [0.05, 0.1) is 12.5 Å². The Hall–Kier alpha value is -1.68. The van der Waals surface area contributed by atoms with Crippen LogP contribution in [0.3, 0.4) is 0 Å². The maximum Gasteiger partial charge on any atom is 0.229 e. The van der Waals surface area contributed by atoms with Gasteiger partial charge in [-0.1, -0.05) is 41.9 Å². The van der Waals surface area contributed by atoms with Gasteiger partial charge in [-0.15, -0.1) is 0 Å². The number of aryl methyl sites for hydroxylation is 1. The van der Waals surface area contributed by atoms with Crippen LogP contribution < -0.4 is 0 Å². The summed E-state index contributed by atoms with van der Waals surface area (Å²) in [6.45, 7) is 3.98.